The number of benzene rings is 2. The van der Waals surface area contributed by atoms with Crippen molar-refractivity contribution in [2.45, 2.75) is 31.1 Å². The average molecular weight is 437 g/mol. The largest absolute Gasteiger partial charge is 0.339 e. The second kappa shape index (κ2) is 8.28. The molecule has 0 spiro atoms. The van der Waals surface area contributed by atoms with Crippen molar-refractivity contribution in [2.75, 3.05) is 13.1 Å². The van der Waals surface area contributed by atoms with E-state index < -0.39 is 0 Å². The molecule has 1 amide bonds. The molecular weight excluding hydrogens is 412 g/mol. The lowest BCUT2D eigenvalue weighted by molar-refractivity contribution is 0.0791. The van der Waals surface area contributed by atoms with Gasteiger partial charge < -0.3 is 9.42 Å². The van der Waals surface area contributed by atoms with Gasteiger partial charge in [-0.1, -0.05) is 41.6 Å². The zero-order valence-corrected chi connectivity index (χ0v) is 18.2. The molecule has 3 heterocycles. The van der Waals surface area contributed by atoms with E-state index in [0.29, 0.717) is 35.7 Å². The highest BCUT2D eigenvalue weighted by Gasteiger charge is 2.31. The molecule has 2 aromatic heterocycles. The molecule has 2 aliphatic rings. The minimum atomic E-state index is 0.0527. The van der Waals surface area contributed by atoms with Crippen LogP contribution in [-0.4, -0.2) is 39.0 Å². The Bertz CT molecular complexity index is 1280. The first-order chi connectivity index (χ1) is 16.3. The van der Waals surface area contributed by atoms with E-state index in [9.17, 15) is 4.79 Å². The normalized spacial score (nSPS) is 17.9. The van der Waals surface area contributed by atoms with E-state index >= 15 is 0 Å². The van der Waals surface area contributed by atoms with Crippen LogP contribution in [0, 0.1) is 0 Å². The van der Waals surface area contributed by atoms with Gasteiger partial charge in [0.25, 0.3) is 5.91 Å². The van der Waals surface area contributed by atoms with Crippen molar-refractivity contribution in [1.29, 1.82) is 0 Å². The molecule has 6 rings (SSSR count). The van der Waals surface area contributed by atoms with Crippen molar-refractivity contribution in [3.8, 4) is 22.5 Å². The SMILES string of the molecule is O=C(c1ccc(-c2noc(C3CC3)n2)c(-c2ccccc2)c1)N1CCC(c2cccnc2)C1. The summed E-state index contributed by atoms with van der Waals surface area (Å²) in [4.78, 5) is 24.2. The Morgan fingerprint density at radius 1 is 0.939 bits per heavy atom. The molecule has 6 nitrogen and oxygen atoms in total. The van der Waals surface area contributed by atoms with Crippen molar-refractivity contribution < 1.29 is 9.32 Å². The molecule has 33 heavy (non-hydrogen) atoms. The fourth-order valence-electron chi connectivity index (χ4n) is 4.59. The van der Waals surface area contributed by atoms with Crippen LogP contribution in [0.1, 0.15) is 52.9 Å². The zero-order valence-electron chi connectivity index (χ0n) is 18.2. The molecule has 1 unspecified atom stereocenters. The number of carbonyl (C=O) groups is 1. The maximum atomic E-state index is 13.4. The summed E-state index contributed by atoms with van der Waals surface area (Å²) in [5, 5.41) is 4.24. The molecule has 1 saturated carbocycles. The van der Waals surface area contributed by atoms with Gasteiger partial charge in [-0.3, -0.25) is 9.78 Å². The summed E-state index contributed by atoms with van der Waals surface area (Å²) in [5.41, 5.74) is 4.71. The van der Waals surface area contributed by atoms with E-state index in [2.05, 4.69) is 21.2 Å². The molecule has 0 N–H and O–H groups in total. The molecule has 0 radical (unpaired) electrons. The highest BCUT2D eigenvalue weighted by Crippen LogP contribution is 2.40. The number of carbonyl (C=O) groups excluding carboxylic acids is 1. The van der Waals surface area contributed by atoms with E-state index in [-0.39, 0.29) is 5.91 Å². The fourth-order valence-corrected chi connectivity index (χ4v) is 4.59. The van der Waals surface area contributed by atoms with Crippen LogP contribution < -0.4 is 0 Å². The predicted molar refractivity (Wildman–Crippen MR) is 125 cm³/mol. The van der Waals surface area contributed by atoms with E-state index in [4.69, 9.17) is 4.52 Å². The minimum Gasteiger partial charge on any atom is -0.339 e. The third-order valence-corrected chi connectivity index (χ3v) is 6.59. The second-order valence-electron chi connectivity index (χ2n) is 8.88. The molecule has 4 aromatic rings. The molecule has 1 aliphatic heterocycles. The standard InChI is InChI=1S/C27H24N4O2/c32-27(31-14-12-22(17-31)21-7-4-13-28-16-21)20-10-11-23(24(15-20)18-5-2-1-3-6-18)25-29-26(33-30-25)19-8-9-19/h1-7,10-11,13,15-16,19,22H,8-9,12,14,17H2. The Balaban J connectivity index is 1.32. The number of amides is 1. The van der Waals surface area contributed by atoms with Gasteiger partial charge in [0.05, 0.1) is 0 Å². The first-order valence-electron chi connectivity index (χ1n) is 11.5. The van der Waals surface area contributed by atoms with E-state index in [1.54, 1.807) is 6.20 Å². The van der Waals surface area contributed by atoms with Gasteiger partial charge in [0, 0.05) is 48.4 Å². The molecule has 0 bridgehead atoms. The fraction of sp³-hybridized carbons (Fsp3) is 0.259. The molecule has 1 saturated heterocycles. The van der Waals surface area contributed by atoms with Crippen LogP contribution in [0.2, 0.25) is 0 Å². The first kappa shape index (κ1) is 19.9. The lowest BCUT2D eigenvalue weighted by Gasteiger charge is -2.18. The third-order valence-electron chi connectivity index (χ3n) is 6.59. The first-order valence-corrected chi connectivity index (χ1v) is 11.5. The van der Waals surface area contributed by atoms with Crippen molar-refractivity contribution in [3.63, 3.8) is 0 Å². The number of rotatable bonds is 5. The second-order valence-corrected chi connectivity index (χ2v) is 8.88. The molecule has 6 heteroatoms. The average Bonchev–Trinajstić information content (AvgIpc) is 3.40. The lowest BCUT2D eigenvalue weighted by Crippen LogP contribution is -2.28. The van der Waals surface area contributed by atoms with Crippen molar-refractivity contribution in [2.24, 2.45) is 0 Å². The summed E-state index contributed by atoms with van der Waals surface area (Å²) in [6, 6.07) is 19.9. The quantitative estimate of drug-likeness (QED) is 0.424. The van der Waals surface area contributed by atoms with Gasteiger partial charge in [-0.2, -0.15) is 4.98 Å². The maximum Gasteiger partial charge on any atom is 0.253 e. The van der Waals surface area contributed by atoms with Crippen LogP contribution in [0.3, 0.4) is 0 Å². The van der Waals surface area contributed by atoms with E-state index in [0.717, 1.165) is 42.5 Å². The Kier molecular flexibility index (Phi) is 4.98. The Hall–Kier alpha value is -3.80. The lowest BCUT2D eigenvalue weighted by atomic mass is 9.96. The van der Waals surface area contributed by atoms with Gasteiger partial charge in [0.1, 0.15) is 0 Å². The topological polar surface area (TPSA) is 72.1 Å². The highest BCUT2D eigenvalue weighted by molar-refractivity contribution is 5.97. The van der Waals surface area contributed by atoms with Gasteiger partial charge in [-0.05, 0) is 60.2 Å². The summed E-state index contributed by atoms with van der Waals surface area (Å²) in [7, 11) is 0. The summed E-state index contributed by atoms with van der Waals surface area (Å²) in [6.45, 7) is 1.46. The van der Waals surface area contributed by atoms with Crippen LogP contribution in [0.15, 0.2) is 77.6 Å². The van der Waals surface area contributed by atoms with Gasteiger partial charge >= 0.3 is 0 Å². The van der Waals surface area contributed by atoms with Crippen LogP contribution in [-0.2, 0) is 0 Å². The molecule has 1 atom stereocenters. The van der Waals surface area contributed by atoms with Gasteiger partial charge in [-0.15, -0.1) is 0 Å². The van der Waals surface area contributed by atoms with Crippen molar-refractivity contribution >= 4 is 5.91 Å². The van der Waals surface area contributed by atoms with Gasteiger partial charge in [-0.25, -0.2) is 0 Å². The molecule has 2 fully saturated rings. The Morgan fingerprint density at radius 3 is 2.61 bits per heavy atom. The summed E-state index contributed by atoms with van der Waals surface area (Å²) >= 11 is 0. The van der Waals surface area contributed by atoms with Crippen LogP contribution >= 0.6 is 0 Å². The maximum absolute atomic E-state index is 13.4. The highest BCUT2D eigenvalue weighted by atomic mass is 16.5. The van der Waals surface area contributed by atoms with Crippen molar-refractivity contribution in [3.05, 3.63) is 90.1 Å². The monoisotopic (exact) mass is 436 g/mol. The number of hydrogen-bond donors (Lipinski definition) is 0. The number of likely N-dealkylation sites (tertiary alicyclic amines) is 1. The Morgan fingerprint density at radius 2 is 1.82 bits per heavy atom. The molecular formula is C27H24N4O2. The predicted octanol–water partition coefficient (Wildman–Crippen LogP) is 5.31. The molecule has 164 valence electrons. The Labute approximate surface area is 192 Å². The summed E-state index contributed by atoms with van der Waals surface area (Å²) < 4.78 is 5.51. The summed E-state index contributed by atoms with van der Waals surface area (Å²) in [5.74, 6) is 2.07. The molecule has 2 aromatic carbocycles. The van der Waals surface area contributed by atoms with Gasteiger partial charge in [0.15, 0.2) is 0 Å². The van der Waals surface area contributed by atoms with Gasteiger partial charge in [0.2, 0.25) is 11.7 Å². The minimum absolute atomic E-state index is 0.0527. The smallest absolute Gasteiger partial charge is 0.253 e. The van der Waals surface area contributed by atoms with Crippen molar-refractivity contribution in [1.82, 2.24) is 20.0 Å². The van der Waals surface area contributed by atoms with Crippen LogP contribution in [0.4, 0.5) is 0 Å². The zero-order chi connectivity index (χ0) is 22.2. The number of nitrogens with zero attached hydrogens (tertiary/aromatic N) is 4. The van der Waals surface area contributed by atoms with Crippen LogP contribution in [0.5, 0.6) is 0 Å². The third kappa shape index (κ3) is 3.93. The number of hydrogen-bond acceptors (Lipinski definition) is 5. The van der Waals surface area contributed by atoms with E-state index in [1.165, 1.54) is 5.56 Å². The summed E-state index contributed by atoms with van der Waals surface area (Å²) in [6.07, 6.45) is 6.86. The van der Waals surface area contributed by atoms with E-state index in [1.807, 2.05) is 65.7 Å². The van der Waals surface area contributed by atoms with Crippen LogP contribution in [0.25, 0.3) is 22.5 Å². The molecule has 1 aliphatic carbocycles. The number of pyridine rings is 1. The number of aromatic nitrogens is 3.